The number of anilines is 1. The molecule has 2 rings (SSSR count). The fourth-order valence-corrected chi connectivity index (χ4v) is 1.42. The fourth-order valence-electron chi connectivity index (χ4n) is 1.42. The Kier molecular flexibility index (Phi) is 3.26. The lowest BCUT2D eigenvalue weighted by Gasteiger charge is -2.13. The summed E-state index contributed by atoms with van der Waals surface area (Å²) in [6.45, 7) is 2.02. The van der Waals surface area contributed by atoms with Crippen LogP contribution < -0.4 is 5.32 Å². The van der Waals surface area contributed by atoms with Gasteiger partial charge in [-0.1, -0.05) is 0 Å². The van der Waals surface area contributed by atoms with Crippen LogP contribution in [0.4, 0.5) is 5.82 Å². The smallest absolute Gasteiger partial charge is 0.158 e. The lowest BCUT2D eigenvalue weighted by Crippen LogP contribution is -2.08. The molecule has 0 saturated heterocycles. The molecule has 0 fully saturated rings. The Morgan fingerprint density at radius 1 is 1.24 bits per heavy atom. The molecule has 0 aromatic carbocycles. The van der Waals surface area contributed by atoms with Crippen LogP contribution in [0.2, 0.25) is 0 Å². The third kappa shape index (κ3) is 2.75. The normalized spacial score (nSPS) is 11.5. The van der Waals surface area contributed by atoms with Crippen LogP contribution in [0.15, 0.2) is 36.9 Å². The molecule has 1 atom stereocenters. The summed E-state index contributed by atoms with van der Waals surface area (Å²) in [5.74, 6) is 0.647. The molecule has 2 aromatic rings. The van der Waals surface area contributed by atoms with E-state index in [1.54, 1.807) is 18.6 Å². The minimum Gasteiger partial charge on any atom is -0.362 e. The van der Waals surface area contributed by atoms with Crippen molar-refractivity contribution in [1.29, 1.82) is 5.26 Å². The first-order chi connectivity index (χ1) is 8.29. The van der Waals surface area contributed by atoms with Crippen molar-refractivity contribution in [3.8, 4) is 6.07 Å². The van der Waals surface area contributed by atoms with E-state index < -0.39 is 0 Å². The molecule has 0 aliphatic rings. The van der Waals surface area contributed by atoms with Gasteiger partial charge in [0.25, 0.3) is 0 Å². The van der Waals surface area contributed by atoms with Crippen LogP contribution >= 0.6 is 0 Å². The van der Waals surface area contributed by atoms with Gasteiger partial charge in [-0.3, -0.25) is 4.98 Å². The first-order valence-corrected chi connectivity index (χ1v) is 5.18. The number of nitrogens with one attached hydrogen (secondary N) is 1. The average Bonchev–Trinajstić information content (AvgIpc) is 2.40. The first kappa shape index (κ1) is 11.0. The van der Waals surface area contributed by atoms with Crippen molar-refractivity contribution < 1.29 is 0 Å². The molecule has 2 heterocycles. The van der Waals surface area contributed by atoms with Crippen LogP contribution in [0.25, 0.3) is 0 Å². The molecule has 0 aliphatic heterocycles. The summed E-state index contributed by atoms with van der Waals surface area (Å²) >= 11 is 0. The van der Waals surface area contributed by atoms with E-state index in [1.807, 2.05) is 25.1 Å². The Bertz CT molecular complexity index is 515. The van der Waals surface area contributed by atoms with Crippen molar-refractivity contribution in [3.63, 3.8) is 0 Å². The van der Waals surface area contributed by atoms with Crippen LogP contribution in [-0.2, 0) is 0 Å². The Hall–Kier alpha value is -2.48. The maximum Gasteiger partial charge on any atom is 0.158 e. The van der Waals surface area contributed by atoms with Crippen molar-refractivity contribution in [2.24, 2.45) is 0 Å². The van der Waals surface area contributed by atoms with Gasteiger partial charge in [0.05, 0.1) is 18.4 Å². The quantitative estimate of drug-likeness (QED) is 0.863. The minimum atomic E-state index is 0.111. The van der Waals surface area contributed by atoms with Crippen LogP contribution in [0.1, 0.15) is 24.2 Å². The van der Waals surface area contributed by atoms with Gasteiger partial charge in [-0.15, -0.1) is 0 Å². The summed E-state index contributed by atoms with van der Waals surface area (Å²) in [6, 6.07) is 5.92. The minimum absolute atomic E-state index is 0.111. The van der Waals surface area contributed by atoms with E-state index in [4.69, 9.17) is 5.26 Å². The summed E-state index contributed by atoms with van der Waals surface area (Å²) in [5.41, 5.74) is 1.43. The van der Waals surface area contributed by atoms with Gasteiger partial charge in [0.15, 0.2) is 5.69 Å². The molecule has 5 heteroatoms. The highest BCUT2D eigenvalue weighted by Crippen LogP contribution is 2.15. The number of hydrogen-bond acceptors (Lipinski definition) is 5. The second kappa shape index (κ2) is 5.03. The summed E-state index contributed by atoms with van der Waals surface area (Å²) in [7, 11) is 0. The molecule has 1 N–H and O–H groups in total. The Morgan fingerprint density at radius 2 is 2.00 bits per heavy atom. The van der Waals surface area contributed by atoms with Gasteiger partial charge in [-0.25, -0.2) is 9.97 Å². The second-order valence-electron chi connectivity index (χ2n) is 3.55. The predicted octanol–water partition coefficient (Wildman–Crippen LogP) is 1.92. The van der Waals surface area contributed by atoms with Crippen LogP contribution in [0, 0.1) is 11.3 Å². The Labute approximate surface area is 99.2 Å². The molecular formula is C12H11N5. The van der Waals surface area contributed by atoms with Crippen molar-refractivity contribution in [2.45, 2.75) is 13.0 Å². The average molecular weight is 225 g/mol. The third-order valence-electron chi connectivity index (χ3n) is 2.34. The number of hydrogen-bond donors (Lipinski definition) is 1. The fraction of sp³-hybridized carbons (Fsp3) is 0.167. The highest BCUT2D eigenvalue weighted by Gasteiger charge is 2.05. The Balaban J connectivity index is 2.08. The molecule has 84 valence electrons. The zero-order valence-electron chi connectivity index (χ0n) is 9.33. The molecular weight excluding hydrogens is 214 g/mol. The van der Waals surface area contributed by atoms with Gasteiger partial charge in [0, 0.05) is 12.4 Å². The van der Waals surface area contributed by atoms with E-state index in [-0.39, 0.29) is 6.04 Å². The molecule has 0 amide bonds. The van der Waals surface area contributed by atoms with Crippen LogP contribution in [-0.4, -0.2) is 15.0 Å². The van der Waals surface area contributed by atoms with E-state index in [2.05, 4.69) is 20.3 Å². The molecule has 0 bridgehead atoms. The number of aromatic nitrogens is 3. The van der Waals surface area contributed by atoms with Gasteiger partial charge in [-0.05, 0) is 24.6 Å². The topological polar surface area (TPSA) is 74.5 Å². The summed E-state index contributed by atoms with van der Waals surface area (Å²) in [6.07, 6.45) is 6.49. The molecule has 5 nitrogen and oxygen atoms in total. The molecule has 0 spiro atoms. The van der Waals surface area contributed by atoms with Crippen LogP contribution in [0.3, 0.4) is 0 Å². The third-order valence-corrected chi connectivity index (χ3v) is 2.34. The summed E-state index contributed by atoms with van der Waals surface area (Å²) in [4.78, 5) is 12.0. The molecule has 17 heavy (non-hydrogen) atoms. The van der Waals surface area contributed by atoms with Crippen LogP contribution in [0.5, 0.6) is 0 Å². The van der Waals surface area contributed by atoms with Gasteiger partial charge in [-0.2, -0.15) is 5.26 Å². The molecule has 0 unspecified atom stereocenters. The van der Waals surface area contributed by atoms with Crippen molar-refractivity contribution in [2.75, 3.05) is 5.32 Å². The van der Waals surface area contributed by atoms with Crippen molar-refractivity contribution >= 4 is 5.82 Å². The SMILES string of the molecule is C[C@H](Nc1cnc(C#N)cn1)c1ccncc1. The predicted molar refractivity (Wildman–Crippen MR) is 63.0 cm³/mol. The number of pyridine rings is 1. The lowest BCUT2D eigenvalue weighted by molar-refractivity contribution is 0.867. The zero-order chi connectivity index (χ0) is 12.1. The standard InChI is InChI=1S/C12H11N5/c1-9(10-2-4-14-5-3-10)17-12-8-15-11(6-13)7-16-12/h2-5,7-9H,1H3,(H,16,17)/t9-/m0/s1. The largest absolute Gasteiger partial charge is 0.362 e. The monoisotopic (exact) mass is 225 g/mol. The van der Waals surface area contributed by atoms with Gasteiger partial charge < -0.3 is 5.32 Å². The summed E-state index contributed by atoms with van der Waals surface area (Å²) in [5, 5.41) is 11.8. The highest BCUT2D eigenvalue weighted by molar-refractivity contribution is 5.36. The first-order valence-electron chi connectivity index (χ1n) is 5.18. The number of rotatable bonds is 3. The van der Waals surface area contributed by atoms with E-state index in [0.717, 1.165) is 5.56 Å². The van der Waals surface area contributed by atoms with E-state index in [1.165, 1.54) is 6.20 Å². The van der Waals surface area contributed by atoms with Crippen molar-refractivity contribution in [1.82, 2.24) is 15.0 Å². The highest BCUT2D eigenvalue weighted by atomic mass is 15.0. The van der Waals surface area contributed by atoms with Gasteiger partial charge in [0.2, 0.25) is 0 Å². The number of nitriles is 1. The maximum atomic E-state index is 8.61. The van der Waals surface area contributed by atoms with E-state index in [0.29, 0.717) is 11.5 Å². The summed E-state index contributed by atoms with van der Waals surface area (Å²) < 4.78 is 0. The zero-order valence-corrected chi connectivity index (χ0v) is 9.33. The van der Waals surface area contributed by atoms with E-state index >= 15 is 0 Å². The van der Waals surface area contributed by atoms with Gasteiger partial charge >= 0.3 is 0 Å². The van der Waals surface area contributed by atoms with Crippen molar-refractivity contribution in [3.05, 3.63) is 48.2 Å². The molecule has 2 aromatic heterocycles. The Morgan fingerprint density at radius 3 is 2.59 bits per heavy atom. The molecule has 0 saturated carbocycles. The van der Waals surface area contributed by atoms with E-state index in [9.17, 15) is 0 Å². The lowest BCUT2D eigenvalue weighted by atomic mass is 10.1. The molecule has 0 radical (unpaired) electrons. The second-order valence-corrected chi connectivity index (χ2v) is 3.55. The number of nitrogens with zero attached hydrogens (tertiary/aromatic N) is 4. The molecule has 0 aliphatic carbocycles. The maximum absolute atomic E-state index is 8.61. The van der Waals surface area contributed by atoms with Gasteiger partial charge in [0.1, 0.15) is 11.9 Å².